The largest absolute Gasteiger partial charge is 0.504 e. The summed E-state index contributed by atoms with van der Waals surface area (Å²) in [4.78, 5) is 0. The second-order valence-electron chi connectivity index (χ2n) is 4.73. The van der Waals surface area contributed by atoms with Gasteiger partial charge in [-0.3, -0.25) is 0 Å². The quantitative estimate of drug-likeness (QED) is 0.707. The van der Waals surface area contributed by atoms with Crippen LogP contribution in [-0.2, 0) is 6.42 Å². The Labute approximate surface area is 128 Å². The minimum Gasteiger partial charge on any atom is -0.504 e. The summed E-state index contributed by atoms with van der Waals surface area (Å²) in [5, 5.41) is 23.4. The first-order valence-corrected chi connectivity index (χ1v) is 6.56. The second kappa shape index (κ2) is 5.92. The number of fused-ring (bicyclic) bond motifs is 1. The van der Waals surface area contributed by atoms with Gasteiger partial charge in [0.25, 0.3) is 0 Å². The van der Waals surface area contributed by atoms with Crippen LogP contribution in [-0.4, -0.2) is 16.8 Å². The fraction of sp³-hybridized carbons (Fsp3) is 0.200. The third kappa shape index (κ3) is 2.70. The van der Waals surface area contributed by atoms with Crippen molar-refractivity contribution in [3.63, 3.8) is 0 Å². The molecule has 0 saturated heterocycles. The topological polar surface area (TPSA) is 52.5 Å². The van der Waals surface area contributed by atoms with Gasteiger partial charge in [0.15, 0.2) is 11.5 Å². The van der Waals surface area contributed by atoms with Gasteiger partial charge in [-0.2, -0.15) is 0 Å². The highest BCUT2D eigenvalue weighted by Crippen LogP contribution is 2.36. The van der Waals surface area contributed by atoms with Crippen molar-refractivity contribution in [2.24, 2.45) is 0 Å². The van der Waals surface area contributed by atoms with Gasteiger partial charge in [0.2, 0.25) is 0 Å². The zero-order chi connectivity index (χ0) is 13.4. The van der Waals surface area contributed by atoms with Crippen molar-refractivity contribution < 1.29 is 10.2 Å². The lowest BCUT2D eigenvalue weighted by molar-refractivity contribution is 0.400. The molecule has 0 amide bonds. The molecular formula is C15H15Cl2NO2. The summed E-state index contributed by atoms with van der Waals surface area (Å²) in [5.74, 6) is -0.142. The maximum Gasteiger partial charge on any atom is 0.157 e. The fourth-order valence-electron chi connectivity index (χ4n) is 2.54. The van der Waals surface area contributed by atoms with E-state index in [1.54, 1.807) is 12.1 Å². The van der Waals surface area contributed by atoms with E-state index in [0.717, 1.165) is 29.7 Å². The number of benzene rings is 2. The second-order valence-corrected chi connectivity index (χ2v) is 5.16. The van der Waals surface area contributed by atoms with Crippen LogP contribution in [0.15, 0.2) is 36.4 Å². The molecule has 3 rings (SSSR count). The van der Waals surface area contributed by atoms with E-state index in [9.17, 15) is 10.2 Å². The molecule has 1 aliphatic rings. The van der Waals surface area contributed by atoms with Gasteiger partial charge in [0.05, 0.1) is 6.04 Å². The van der Waals surface area contributed by atoms with E-state index in [-0.39, 0.29) is 29.9 Å². The molecule has 0 saturated carbocycles. The Bertz CT molecular complexity index is 614. The van der Waals surface area contributed by atoms with Crippen LogP contribution < -0.4 is 5.32 Å². The molecule has 2 aromatic rings. The summed E-state index contributed by atoms with van der Waals surface area (Å²) in [6.45, 7) is 0.838. The molecule has 3 nitrogen and oxygen atoms in total. The normalized spacial score (nSPS) is 17.1. The van der Waals surface area contributed by atoms with Crippen molar-refractivity contribution in [1.29, 1.82) is 0 Å². The molecular weight excluding hydrogens is 297 g/mol. The summed E-state index contributed by atoms with van der Waals surface area (Å²) in [7, 11) is 0. The fourth-order valence-corrected chi connectivity index (χ4v) is 2.66. The Hall–Kier alpha value is -1.42. The van der Waals surface area contributed by atoms with Crippen LogP contribution in [0.2, 0.25) is 5.02 Å². The summed E-state index contributed by atoms with van der Waals surface area (Å²) < 4.78 is 0. The smallest absolute Gasteiger partial charge is 0.157 e. The molecule has 0 radical (unpaired) electrons. The SMILES string of the molecule is Cl.Oc1cc2c(cc1O)C(c1ccc(Cl)cc1)NCC2. The van der Waals surface area contributed by atoms with E-state index in [0.29, 0.717) is 5.02 Å². The van der Waals surface area contributed by atoms with Crippen LogP contribution in [0.4, 0.5) is 0 Å². The molecule has 106 valence electrons. The summed E-state index contributed by atoms with van der Waals surface area (Å²) >= 11 is 5.90. The number of hydrogen-bond donors (Lipinski definition) is 3. The predicted molar refractivity (Wildman–Crippen MR) is 82.0 cm³/mol. The van der Waals surface area contributed by atoms with Crippen LogP contribution in [0.3, 0.4) is 0 Å². The van der Waals surface area contributed by atoms with Gasteiger partial charge in [0.1, 0.15) is 0 Å². The van der Waals surface area contributed by atoms with Crippen LogP contribution in [0.1, 0.15) is 22.7 Å². The Morgan fingerprint density at radius 1 is 1.05 bits per heavy atom. The average Bonchev–Trinajstić information content (AvgIpc) is 2.41. The molecule has 5 heteroatoms. The van der Waals surface area contributed by atoms with Gasteiger partial charge in [-0.05, 0) is 47.4 Å². The van der Waals surface area contributed by atoms with Crippen molar-refractivity contribution >= 4 is 24.0 Å². The van der Waals surface area contributed by atoms with Crippen LogP contribution in [0.25, 0.3) is 0 Å². The summed E-state index contributed by atoms with van der Waals surface area (Å²) in [6.07, 6.45) is 0.841. The first-order valence-electron chi connectivity index (χ1n) is 6.19. The standard InChI is InChI=1S/C15H14ClNO2.ClH/c16-11-3-1-9(2-4-11)15-12-8-14(19)13(18)7-10(12)5-6-17-15;/h1-4,7-8,15,17-19H,5-6H2;1H. The number of rotatable bonds is 1. The van der Waals surface area contributed by atoms with Gasteiger partial charge in [-0.1, -0.05) is 23.7 Å². The molecule has 1 unspecified atom stereocenters. The van der Waals surface area contributed by atoms with Gasteiger partial charge >= 0.3 is 0 Å². The molecule has 2 aromatic carbocycles. The van der Waals surface area contributed by atoms with E-state index in [1.807, 2.05) is 24.3 Å². The Kier molecular flexibility index (Phi) is 4.43. The molecule has 1 atom stereocenters. The van der Waals surface area contributed by atoms with Crippen LogP contribution in [0, 0.1) is 0 Å². The van der Waals surface area contributed by atoms with Crippen molar-refractivity contribution in [2.75, 3.05) is 6.54 Å². The monoisotopic (exact) mass is 311 g/mol. The van der Waals surface area contributed by atoms with Crippen molar-refractivity contribution in [3.05, 3.63) is 58.1 Å². The number of phenols is 2. The first kappa shape index (κ1) is 15.0. The van der Waals surface area contributed by atoms with Crippen LogP contribution in [0.5, 0.6) is 11.5 Å². The molecule has 1 heterocycles. The number of hydrogen-bond acceptors (Lipinski definition) is 3. The van der Waals surface area contributed by atoms with Gasteiger partial charge in [0, 0.05) is 11.6 Å². The van der Waals surface area contributed by atoms with Crippen molar-refractivity contribution in [2.45, 2.75) is 12.5 Å². The van der Waals surface area contributed by atoms with E-state index < -0.39 is 0 Å². The minimum atomic E-state index is -0.0820. The predicted octanol–water partition coefficient (Wildman–Crippen LogP) is 3.41. The average molecular weight is 312 g/mol. The maximum absolute atomic E-state index is 9.69. The maximum atomic E-state index is 9.69. The lowest BCUT2D eigenvalue weighted by atomic mass is 9.89. The van der Waals surface area contributed by atoms with E-state index in [4.69, 9.17) is 11.6 Å². The lowest BCUT2D eigenvalue weighted by Gasteiger charge is -2.27. The highest BCUT2D eigenvalue weighted by atomic mass is 35.5. The zero-order valence-electron chi connectivity index (χ0n) is 10.6. The van der Waals surface area contributed by atoms with Crippen molar-refractivity contribution in [3.8, 4) is 11.5 Å². The zero-order valence-corrected chi connectivity index (χ0v) is 12.2. The van der Waals surface area contributed by atoms with E-state index in [2.05, 4.69) is 5.32 Å². The molecule has 0 bridgehead atoms. The first-order chi connectivity index (χ1) is 9.15. The van der Waals surface area contributed by atoms with Crippen molar-refractivity contribution in [1.82, 2.24) is 5.32 Å². The molecule has 3 N–H and O–H groups in total. The lowest BCUT2D eigenvalue weighted by Crippen LogP contribution is -2.30. The Balaban J connectivity index is 0.00000147. The third-order valence-corrected chi connectivity index (χ3v) is 3.75. The van der Waals surface area contributed by atoms with Gasteiger partial charge in [-0.15, -0.1) is 12.4 Å². The number of halogens is 2. The molecule has 0 fully saturated rings. The molecule has 20 heavy (non-hydrogen) atoms. The van der Waals surface area contributed by atoms with Gasteiger partial charge < -0.3 is 15.5 Å². The Morgan fingerprint density at radius 2 is 1.70 bits per heavy atom. The number of aromatic hydroxyl groups is 2. The third-order valence-electron chi connectivity index (χ3n) is 3.49. The minimum absolute atomic E-state index is 0. The molecule has 0 aromatic heterocycles. The number of nitrogens with one attached hydrogen (secondary N) is 1. The highest BCUT2D eigenvalue weighted by molar-refractivity contribution is 6.30. The summed E-state index contributed by atoms with van der Waals surface area (Å²) in [5.41, 5.74) is 3.16. The highest BCUT2D eigenvalue weighted by Gasteiger charge is 2.22. The molecule has 0 spiro atoms. The Morgan fingerprint density at radius 3 is 2.40 bits per heavy atom. The molecule has 1 aliphatic heterocycles. The van der Waals surface area contributed by atoms with Gasteiger partial charge in [-0.25, -0.2) is 0 Å². The molecule has 0 aliphatic carbocycles. The summed E-state index contributed by atoms with van der Waals surface area (Å²) in [6, 6.07) is 11.0. The van der Waals surface area contributed by atoms with E-state index >= 15 is 0 Å². The number of phenolic OH excluding ortho intramolecular Hbond substituents is 2. The van der Waals surface area contributed by atoms with E-state index in [1.165, 1.54) is 0 Å². The van der Waals surface area contributed by atoms with Crippen LogP contribution >= 0.6 is 24.0 Å².